The Morgan fingerprint density at radius 3 is 2.91 bits per heavy atom. The van der Waals surface area contributed by atoms with Crippen molar-refractivity contribution in [3.63, 3.8) is 0 Å². The molecule has 4 rings (SSSR count). The number of methoxy groups -OCH3 is 1. The Hall–Kier alpha value is -3.43. The highest BCUT2D eigenvalue weighted by molar-refractivity contribution is 5.83. The summed E-state index contributed by atoms with van der Waals surface area (Å²) in [5.74, 6) is 7.51. The highest BCUT2D eigenvalue weighted by atomic mass is 16.5. The molecule has 1 N–H and O–H groups in total. The first-order chi connectivity index (χ1) is 17.1. The monoisotopic (exact) mass is 471 g/mol. The third kappa shape index (κ3) is 7.03. The number of benzene rings is 1. The highest BCUT2D eigenvalue weighted by Crippen LogP contribution is 2.32. The van der Waals surface area contributed by atoms with Crippen LogP contribution in [-0.4, -0.2) is 52.7 Å². The molecule has 0 aliphatic carbocycles. The summed E-state index contributed by atoms with van der Waals surface area (Å²) in [5.41, 5.74) is 3.20. The summed E-state index contributed by atoms with van der Waals surface area (Å²) < 4.78 is 5.41. The van der Waals surface area contributed by atoms with Gasteiger partial charge in [-0.3, -0.25) is 19.7 Å². The molecule has 1 saturated heterocycles. The maximum Gasteiger partial charge on any atom is 0.303 e. The van der Waals surface area contributed by atoms with Crippen LogP contribution >= 0.6 is 0 Å². The molecule has 1 aliphatic heterocycles. The van der Waals surface area contributed by atoms with Gasteiger partial charge in [-0.05, 0) is 92.4 Å². The van der Waals surface area contributed by atoms with E-state index >= 15 is 0 Å². The lowest BCUT2D eigenvalue weighted by molar-refractivity contribution is -0.137. The second-order valence-corrected chi connectivity index (χ2v) is 9.27. The van der Waals surface area contributed by atoms with Crippen LogP contribution in [0.3, 0.4) is 0 Å². The fraction of sp³-hybridized carbons (Fsp3) is 0.414. The Bertz CT molecular complexity index is 1190. The average molecular weight is 472 g/mol. The lowest BCUT2D eigenvalue weighted by Gasteiger charge is -2.38. The first kappa shape index (κ1) is 24.7. The fourth-order valence-corrected chi connectivity index (χ4v) is 5.09. The molecule has 0 amide bonds. The number of ether oxygens (including phenoxy) is 1. The van der Waals surface area contributed by atoms with Gasteiger partial charge < -0.3 is 9.84 Å². The number of hydrogen-bond acceptors (Lipinski definition) is 5. The van der Waals surface area contributed by atoms with Gasteiger partial charge in [0.25, 0.3) is 0 Å². The number of aromatic nitrogens is 2. The second kappa shape index (κ2) is 12.3. The van der Waals surface area contributed by atoms with Crippen LogP contribution in [0.2, 0.25) is 0 Å². The van der Waals surface area contributed by atoms with Gasteiger partial charge in [-0.25, -0.2) is 0 Å². The minimum atomic E-state index is -0.713. The summed E-state index contributed by atoms with van der Waals surface area (Å²) in [6.45, 7) is 2.62. The van der Waals surface area contributed by atoms with Gasteiger partial charge in [0.2, 0.25) is 0 Å². The molecular formula is C29H33N3O3. The third-order valence-corrected chi connectivity index (χ3v) is 6.96. The van der Waals surface area contributed by atoms with E-state index in [1.54, 1.807) is 19.5 Å². The van der Waals surface area contributed by atoms with E-state index in [1.165, 1.54) is 5.56 Å². The summed E-state index contributed by atoms with van der Waals surface area (Å²) in [5, 5.41) is 10.4. The van der Waals surface area contributed by atoms with Crippen molar-refractivity contribution in [2.75, 3.05) is 26.7 Å². The first-order valence-corrected chi connectivity index (χ1v) is 12.4. The summed E-state index contributed by atoms with van der Waals surface area (Å²) in [6.07, 6.45) is 10.6. The van der Waals surface area contributed by atoms with E-state index in [2.05, 4.69) is 38.8 Å². The first-order valence-electron chi connectivity index (χ1n) is 12.4. The molecule has 1 aromatic carbocycles. The number of likely N-dealkylation sites (tertiary alicyclic amines) is 1. The van der Waals surface area contributed by atoms with E-state index in [0.29, 0.717) is 18.4 Å². The molecule has 3 aromatic rings. The van der Waals surface area contributed by atoms with E-state index in [-0.39, 0.29) is 6.42 Å². The number of aryl methyl sites for hydroxylation is 1. The van der Waals surface area contributed by atoms with Crippen molar-refractivity contribution >= 4 is 16.9 Å². The van der Waals surface area contributed by atoms with Gasteiger partial charge in [0.15, 0.2) is 0 Å². The van der Waals surface area contributed by atoms with Gasteiger partial charge >= 0.3 is 5.97 Å². The molecule has 0 unspecified atom stereocenters. The highest BCUT2D eigenvalue weighted by Gasteiger charge is 2.28. The standard InChI is InChI=1S/C29H33N3O3/c1-35-26-10-11-28-27(19-26)24(13-16-31-28)8-2-7-23-14-18-32(21-25(23)9-12-29(33)34)17-4-6-22-5-3-15-30-20-22/h3,5,10-11,13,15-16,19-20,23,25H,2,7-9,12,14,17-18,21H2,1H3,(H,33,34)/t23-,25+/m1/s1. The Kier molecular flexibility index (Phi) is 8.69. The maximum atomic E-state index is 11.3. The summed E-state index contributed by atoms with van der Waals surface area (Å²) in [7, 11) is 1.69. The quantitative estimate of drug-likeness (QED) is 0.451. The van der Waals surface area contributed by atoms with Crippen LogP contribution in [0.1, 0.15) is 43.2 Å². The van der Waals surface area contributed by atoms with Crippen molar-refractivity contribution in [3.8, 4) is 17.6 Å². The van der Waals surface area contributed by atoms with Crippen LogP contribution in [-0.2, 0) is 11.2 Å². The van der Waals surface area contributed by atoms with E-state index in [4.69, 9.17) is 4.74 Å². The molecule has 0 saturated carbocycles. The van der Waals surface area contributed by atoms with E-state index in [9.17, 15) is 9.90 Å². The third-order valence-electron chi connectivity index (χ3n) is 6.96. The topological polar surface area (TPSA) is 75.5 Å². The van der Waals surface area contributed by atoms with Crippen molar-refractivity contribution in [3.05, 3.63) is 66.1 Å². The van der Waals surface area contributed by atoms with Gasteiger partial charge in [0.05, 0.1) is 19.2 Å². The van der Waals surface area contributed by atoms with E-state index < -0.39 is 5.97 Å². The molecule has 2 aromatic heterocycles. The Balaban J connectivity index is 1.35. The zero-order chi connectivity index (χ0) is 24.5. The molecule has 3 heterocycles. The van der Waals surface area contributed by atoms with Gasteiger partial charge in [0.1, 0.15) is 5.75 Å². The van der Waals surface area contributed by atoms with E-state index in [0.717, 1.165) is 67.4 Å². The van der Waals surface area contributed by atoms with Crippen molar-refractivity contribution in [2.45, 2.75) is 38.5 Å². The number of piperidine rings is 1. The van der Waals surface area contributed by atoms with Crippen LogP contribution in [0, 0.1) is 23.7 Å². The van der Waals surface area contributed by atoms with Crippen LogP contribution < -0.4 is 4.74 Å². The van der Waals surface area contributed by atoms with Gasteiger partial charge in [-0.1, -0.05) is 11.8 Å². The molecule has 6 heteroatoms. The number of carbonyl (C=O) groups is 1. The number of pyridine rings is 2. The number of fused-ring (bicyclic) bond motifs is 1. The molecule has 35 heavy (non-hydrogen) atoms. The van der Waals surface area contributed by atoms with Crippen molar-refractivity contribution in [1.29, 1.82) is 0 Å². The SMILES string of the molecule is COc1ccc2nccc(CCC[C@@H]3CCN(CC#Cc4cccnc4)C[C@@H]3CCC(=O)O)c2c1. The van der Waals surface area contributed by atoms with Gasteiger partial charge in [-0.15, -0.1) is 0 Å². The van der Waals surface area contributed by atoms with Crippen LogP contribution in [0.15, 0.2) is 55.0 Å². The molecule has 2 atom stereocenters. The molecule has 182 valence electrons. The molecule has 6 nitrogen and oxygen atoms in total. The molecular weight excluding hydrogens is 438 g/mol. The molecule has 1 aliphatic rings. The van der Waals surface area contributed by atoms with Gasteiger partial charge in [0, 0.05) is 42.5 Å². The summed E-state index contributed by atoms with van der Waals surface area (Å²) in [6, 6.07) is 12.0. The normalized spacial score (nSPS) is 18.1. The van der Waals surface area contributed by atoms with Crippen LogP contribution in [0.4, 0.5) is 0 Å². The number of hydrogen-bond donors (Lipinski definition) is 1. The smallest absolute Gasteiger partial charge is 0.303 e. The minimum Gasteiger partial charge on any atom is -0.497 e. The predicted octanol–water partition coefficient (Wildman–Crippen LogP) is 4.82. The summed E-state index contributed by atoms with van der Waals surface area (Å²) >= 11 is 0. The lowest BCUT2D eigenvalue weighted by atomic mass is 9.79. The summed E-state index contributed by atoms with van der Waals surface area (Å²) in [4.78, 5) is 22.2. The fourth-order valence-electron chi connectivity index (χ4n) is 5.09. The zero-order valence-corrected chi connectivity index (χ0v) is 20.3. The Labute approximate surface area is 207 Å². The van der Waals surface area contributed by atoms with Crippen molar-refractivity contribution in [2.24, 2.45) is 11.8 Å². The maximum absolute atomic E-state index is 11.3. The van der Waals surface area contributed by atoms with Crippen molar-refractivity contribution in [1.82, 2.24) is 14.9 Å². The van der Waals surface area contributed by atoms with Gasteiger partial charge in [-0.2, -0.15) is 0 Å². The number of aliphatic carboxylic acids is 1. The average Bonchev–Trinajstić information content (AvgIpc) is 2.88. The van der Waals surface area contributed by atoms with Crippen molar-refractivity contribution < 1.29 is 14.6 Å². The predicted molar refractivity (Wildman–Crippen MR) is 137 cm³/mol. The number of rotatable bonds is 9. The number of nitrogens with zero attached hydrogens (tertiary/aromatic N) is 3. The second-order valence-electron chi connectivity index (χ2n) is 9.27. The zero-order valence-electron chi connectivity index (χ0n) is 20.3. The lowest BCUT2D eigenvalue weighted by Crippen LogP contribution is -2.41. The largest absolute Gasteiger partial charge is 0.497 e. The number of carboxylic acid groups (broad SMARTS) is 1. The Morgan fingerprint density at radius 2 is 2.11 bits per heavy atom. The molecule has 0 bridgehead atoms. The Morgan fingerprint density at radius 1 is 1.20 bits per heavy atom. The van der Waals surface area contributed by atoms with E-state index in [1.807, 2.05) is 30.5 Å². The van der Waals surface area contributed by atoms with Crippen LogP contribution in [0.5, 0.6) is 5.75 Å². The minimum absolute atomic E-state index is 0.227. The molecule has 1 fully saturated rings. The van der Waals surface area contributed by atoms with Crippen LogP contribution in [0.25, 0.3) is 10.9 Å². The molecule has 0 radical (unpaired) electrons. The molecule has 0 spiro atoms. The number of carboxylic acids is 1.